The molecule has 2 heterocycles. The van der Waals surface area contributed by atoms with Crippen LogP contribution in [0.25, 0.3) is 10.9 Å². The van der Waals surface area contributed by atoms with Crippen LogP contribution in [-0.2, 0) is 13.1 Å². The summed E-state index contributed by atoms with van der Waals surface area (Å²) in [7, 11) is 1.94. The first-order chi connectivity index (χ1) is 9.72. The van der Waals surface area contributed by atoms with Crippen molar-refractivity contribution in [3.8, 4) is 0 Å². The third-order valence-electron chi connectivity index (χ3n) is 3.16. The lowest BCUT2D eigenvalue weighted by Gasteiger charge is -2.14. The molecule has 0 atom stereocenters. The van der Waals surface area contributed by atoms with Crippen LogP contribution in [0.2, 0.25) is 0 Å². The molecule has 102 valence electrons. The lowest BCUT2D eigenvalue weighted by Crippen LogP contribution is -2.23. The average molecular weight is 269 g/mol. The molecule has 0 bridgehead atoms. The molecule has 2 N–H and O–H groups in total. The average Bonchev–Trinajstić information content (AvgIpc) is 2.92. The second-order valence-electron chi connectivity index (χ2n) is 4.82. The normalized spacial score (nSPS) is 11.3. The summed E-state index contributed by atoms with van der Waals surface area (Å²) in [6, 6.07) is 9.70. The molecule has 0 fully saturated rings. The van der Waals surface area contributed by atoms with Crippen LogP contribution >= 0.6 is 0 Å². The fourth-order valence-corrected chi connectivity index (χ4v) is 2.22. The van der Waals surface area contributed by atoms with Crippen LogP contribution in [0, 0.1) is 0 Å². The minimum Gasteiger partial charge on any atom is -0.322 e. The summed E-state index contributed by atoms with van der Waals surface area (Å²) in [5.74, 6) is 0.782. The van der Waals surface area contributed by atoms with Gasteiger partial charge in [0.2, 0.25) is 0 Å². The van der Waals surface area contributed by atoms with Gasteiger partial charge in [0.15, 0.2) is 0 Å². The maximum absolute atomic E-state index is 12.1. The SMILES string of the molecule is CN(Cc1ncn[nH]1)Cc1cc2ccccc2[nH]c1=O. The zero-order valence-electron chi connectivity index (χ0n) is 11.1. The highest BCUT2D eigenvalue weighted by Crippen LogP contribution is 2.11. The molecule has 1 aromatic carbocycles. The first-order valence-corrected chi connectivity index (χ1v) is 6.36. The Labute approximate surface area is 115 Å². The van der Waals surface area contributed by atoms with Gasteiger partial charge in [0.1, 0.15) is 12.2 Å². The van der Waals surface area contributed by atoms with Gasteiger partial charge in [-0.25, -0.2) is 4.98 Å². The van der Waals surface area contributed by atoms with E-state index in [1.54, 1.807) is 0 Å². The highest BCUT2D eigenvalue weighted by atomic mass is 16.1. The number of para-hydroxylation sites is 1. The fraction of sp³-hybridized carbons (Fsp3) is 0.214. The molecule has 3 rings (SSSR count). The van der Waals surface area contributed by atoms with Crippen molar-refractivity contribution in [3.05, 3.63) is 58.4 Å². The van der Waals surface area contributed by atoms with Crippen LogP contribution in [-0.4, -0.2) is 32.1 Å². The van der Waals surface area contributed by atoms with Gasteiger partial charge in [-0.2, -0.15) is 5.10 Å². The fourth-order valence-electron chi connectivity index (χ4n) is 2.22. The summed E-state index contributed by atoms with van der Waals surface area (Å²) in [5.41, 5.74) is 1.55. The molecule has 0 spiro atoms. The molecule has 0 aliphatic carbocycles. The monoisotopic (exact) mass is 269 g/mol. The van der Waals surface area contributed by atoms with E-state index in [1.807, 2.05) is 42.3 Å². The van der Waals surface area contributed by atoms with E-state index in [0.717, 1.165) is 22.3 Å². The molecule has 0 aliphatic heterocycles. The lowest BCUT2D eigenvalue weighted by atomic mass is 10.1. The number of H-pyrrole nitrogens is 2. The van der Waals surface area contributed by atoms with E-state index in [4.69, 9.17) is 0 Å². The maximum atomic E-state index is 12.1. The van der Waals surface area contributed by atoms with Crippen molar-refractivity contribution < 1.29 is 0 Å². The van der Waals surface area contributed by atoms with Crippen molar-refractivity contribution in [2.45, 2.75) is 13.1 Å². The van der Waals surface area contributed by atoms with Crippen LogP contribution in [0.5, 0.6) is 0 Å². The van der Waals surface area contributed by atoms with Gasteiger partial charge in [-0.3, -0.25) is 14.8 Å². The highest BCUT2D eigenvalue weighted by molar-refractivity contribution is 5.78. The van der Waals surface area contributed by atoms with Crippen LogP contribution in [0.4, 0.5) is 0 Å². The Morgan fingerprint density at radius 2 is 2.10 bits per heavy atom. The number of benzene rings is 1. The molecule has 0 amide bonds. The Morgan fingerprint density at radius 1 is 1.25 bits per heavy atom. The zero-order chi connectivity index (χ0) is 13.9. The predicted molar refractivity (Wildman–Crippen MR) is 76.1 cm³/mol. The predicted octanol–water partition coefficient (Wildman–Crippen LogP) is 1.28. The van der Waals surface area contributed by atoms with E-state index >= 15 is 0 Å². The van der Waals surface area contributed by atoms with Crippen LogP contribution in [0.1, 0.15) is 11.4 Å². The van der Waals surface area contributed by atoms with E-state index < -0.39 is 0 Å². The molecular formula is C14H15N5O. The number of pyridine rings is 1. The Bertz CT molecular complexity index is 763. The van der Waals surface area contributed by atoms with Crippen LogP contribution < -0.4 is 5.56 Å². The second-order valence-corrected chi connectivity index (χ2v) is 4.82. The number of aromatic nitrogens is 4. The molecule has 0 radical (unpaired) electrons. The summed E-state index contributed by atoms with van der Waals surface area (Å²) in [5, 5.41) is 7.66. The summed E-state index contributed by atoms with van der Waals surface area (Å²) in [4.78, 5) is 21.0. The van der Waals surface area contributed by atoms with Gasteiger partial charge in [0.05, 0.1) is 6.54 Å². The van der Waals surface area contributed by atoms with E-state index in [0.29, 0.717) is 13.1 Å². The number of nitrogens with zero attached hydrogens (tertiary/aromatic N) is 3. The van der Waals surface area contributed by atoms with E-state index in [9.17, 15) is 4.79 Å². The van der Waals surface area contributed by atoms with Crippen molar-refractivity contribution in [1.29, 1.82) is 0 Å². The largest absolute Gasteiger partial charge is 0.322 e. The summed E-state index contributed by atoms with van der Waals surface area (Å²) in [6.45, 7) is 1.17. The van der Waals surface area contributed by atoms with Gasteiger partial charge >= 0.3 is 0 Å². The standard InChI is InChI=1S/C14H15N5O/c1-19(8-13-15-9-16-18-13)7-11-6-10-4-2-3-5-12(10)17-14(11)20/h2-6,9H,7-8H2,1H3,(H,17,20)(H,15,16,18). The number of hydrogen-bond donors (Lipinski definition) is 2. The zero-order valence-corrected chi connectivity index (χ0v) is 11.1. The molecule has 0 saturated carbocycles. The van der Waals surface area contributed by atoms with E-state index in [2.05, 4.69) is 20.2 Å². The molecule has 0 saturated heterocycles. The number of hydrogen-bond acceptors (Lipinski definition) is 4. The molecule has 0 unspecified atom stereocenters. The summed E-state index contributed by atoms with van der Waals surface area (Å²) < 4.78 is 0. The Kier molecular flexibility index (Phi) is 3.30. The van der Waals surface area contributed by atoms with E-state index in [1.165, 1.54) is 6.33 Å². The van der Waals surface area contributed by atoms with Crippen molar-refractivity contribution >= 4 is 10.9 Å². The molecular weight excluding hydrogens is 254 g/mol. The Hall–Kier alpha value is -2.47. The first-order valence-electron chi connectivity index (χ1n) is 6.36. The van der Waals surface area contributed by atoms with E-state index in [-0.39, 0.29) is 5.56 Å². The Balaban J connectivity index is 1.83. The summed E-state index contributed by atoms with van der Waals surface area (Å²) in [6.07, 6.45) is 1.48. The van der Waals surface area contributed by atoms with Gasteiger partial charge < -0.3 is 4.98 Å². The van der Waals surface area contributed by atoms with Gasteiger partial charge in [-0.1, -0.05) is 18.2 Å². The number of fused-ring (bicyclic) bond motifs is 1. The minimum atomic E-state index is -0.0480. The van der Waals surface area contributed by atoms with Crippen molar-refractivity contribution in [2.75, 3.05) is 7.05 Å². The molecule has 20 heavy (non-hydrogen) atoms. The smallest absolute Gasteiger partial charge is 0.252 e. The highest BCUT2D eigenvalue weighted by Gasteiger charge is 2.08. The summed E-state index contributed by atoms with van der Waals surface area (Å²) >= 11 is 0. The van der Waals surface area contributed by atoms with Gasteiger partial charge in [0.25, 0.3) is 5.56 Å². The molecule has 6 nitrogen and oxygen atoms in total. The lowest BCUT2D eigenvalue weighted by molar-refractivity contribution is 0.310. The first kappa shape index (κ1) is 12.6. The molecule has 6 heteroatoms. The van der Waals surface area contributed by atoms with Gasteiger partial charge in [-0.15, -0.1) is 0 Å². The third-order valence-corrected chi connectivity index (χ3v) is 3.16. The number of rotatable bonds is 4. The number of aromatic amines is 2. The quantitative estimate of drug-likeness (QED) is 0.748. The van der Waals surface area contributed by atoms with Crippen molar-refractivity contribution in [1.82, 2.24) is 25.1 Å². The van der Waals surface area contributed by atoms with Crippen LogP contribution in [0.15, 0.2) is 41.5 Å². The van der Waals surface area contributed by atoms with Crippen molar-refractivity contribution in [2.24, 2.45) is 0 Å². The molecule has 0 aliphatic rings. The second kappa shape index (κ2) is 5.26. The molecule has 2 aromatic heterocycles. The van der Waals surface area contributed by atoms with Crippen LogP contribution in [0.3, 0.4) is 0 Å². The Morgan fingerprint density at radius 3 is 2.90 bits per heavy atom. The third kappa shape index (κ3) is 2.60. The van der Waals surface area contributed by atoms with Gasteiger partial charge in [-0.05, 0) is 24.6 Å². The van der Waals surface area contributed by atoms with Crippen molar-refractivity contribution in [3.63, 3.8) is 0 Å². The minimum absolute atomic E-state index is 0.0480. The van der Waals surface area contributed by atoms with Gasteiger partial charge in [0, 0.05) is 17.6 Å². The maximum Gasteiger partial charge on any atom is 0.252 e. The number of nitrogens with one attached hydrogen (secondary N) is 2. The topological polar surface area (TPSA) is 77.7 Å². The molecule has 3 aromatic rings.